The summed E-state index contributed by atoms with van der Waals surface area (Å²) in [5.74, 6) is 0.276. The number of H-pyrrole nitrogens is 1. The summed E-state index contributed by atoms with van der Waals surface area (Å²) in [6, 6.07) is 6.90. The standard InChI is InChI=1S/C12H12ClN3O/c1-7-8(2)15-16-11(7)14-12(17)9-5-3-4-6-10(9)13/h3-6H,1-2H3,(H2,14,15,16,17). The van der Waals surface area contributed by atoms with Crippen molar-refractivity contribution in [2.75, 3.05) is 5.32 Å². The Labute approximate surface area is 104 Å². The minimum atomic E-state index is -0.259. The summed E-state index contributed by atoms with van der Waals surface area (Å²) in [5.41, 5.74) is 2.29. The molecule has 0 spiro atoms. The Hall–Kier alpha value is -1.81. The van der Waals surface area contributed by atoms with E-state index in [2.05, 4.69) is 15.5 Å². The van der Waals surface area contributed by atoms with Gasteiger partial charge < -0.3 is 5.32 Å². The number of nitrogens with zero attached hydrogens (tertiary/aromatic N) is 1. The third-order valence-electron chi connectivity index (χ3n) is 2.60. The first-order valence-electron chi connectivity index (χ1n) is 5.17. The van der Waals surface area contributed by atoms with Gasteiger partial charge in [0.15, 0.2) is 5.82 Å². The van der Waals surface area contributed by atoms with Crippen LogP contribution in [0.15, 0.2) is 24.3 Å². The van der Waals surface area contributed by atoms with Crippen LogP contribution in [0.4, 0.5) is 5.82 Å². The number of aryl methyl sites for hydroxylation is 1. The maximum absolute atomic E-state index is 11.9. The Bertz CT molecular complexity index is 563. The average molecular weight is 250 g/mol. The molecule has 4 nitrogen and oxygen atoms in total. The summed E-state index contributed by atoms with van der Waals surface area (Å²) >= 11 is 5.94. The minimum Gasteiger partial charge on any atom is -0.305 e. The van der Waals surface area contributed by atoms with Gasteiger partial charge in [-0.05, 0) is 26.0 Å². The fourth-order valence-corrected chi connectivity index (χ4v) is 1.65. The normalized spacial score (nSPS) is 10.3. The van der Waals surface area contributed by atoms with Crippen LogP contribution in [-0.4, -0.2) is 16.1 Å². The van der Waals surface area contributed by atoms with Gasteiger partial charge in [0.05, 0.1) is 10.6 Å². The largest absolute Gasteiger partial charge is 0.305 e. The highest BCUT2D eigenvalue weighted by atomic mass is 35.5. The second-order valence-corrected chi connectivity index (χ2v) is 4.16. The van der Waals surface area contributed by atoms with Gasteiger partial charge in [-0.2, -0.15) is 5.10 Å². The number of carbonyl (C=O) groups is 1. The van der Waals surface area contributed by atoms with E-state index in [-0.39, 0.29) is 5.91 Å². The van der Waals surface area contributed by atoms with Crippen molar-refractivity contribution in [3.63, 3.8) is 0 Å². The molecule has 17 heavy (non-hydrogen) atoms. The lowest BCUT2D eigenvalue weighted by molar-refractivity contribution is 0.102. The van der Waals surface area contributed by atoms with Crippen molar-refractivity contribution in [1.29, 1.82) is 0 Å². The molecule has 0 radical (unpaired) electrons. The number of halogens is 1. The van der Waals surface area contributed by atoms with Gasteiger partial charge in [0, 0.05) is 11.3 Å². The molecular weight excluding hydrogens is 238 g/mol. The summed E-state index contributed by atoms with van der Waals surface area (Å²) < 4.78 is 0. The Morgan fingerprint density at radius 3 is 2.65 bits per heavy atom. The molecule has 0 unspecified atom stereocenters. The van der Waals surface area contributed by atoms with Gasteiger partial charge in [-0.25, -0.2) is 0 Å². The highest BCUT2D eigenvalue weighted by molar-refractivity contribution is 6.34. The van der Waals surface area contributed by atoms with E-state index in [0.717, 1.165) is 11.3 Å². The summed E-state index contributed by atoms with van der Waals surface area (Å²) in [4.78, 5) is 11.9. The Balaban J connectivity index is 2.23. The molecule has 1 amide bonds. The number of aromatic nitrogens is 2. The molecule has 2 N–H and O–H groups in total. The van der Waals surface area contributed by atoms with Gasteiger partial charge in [-0.1, -0.05) is 23.7 Å². The van der Waals surface area contributed by atoms with Crippen LogP contribution in [-0.2, 0) is 0 Å². The molecule has 0 atom stereocenters. The predicted octanol–water partition coefficient (Wildman–Crippen LogP) is 2.93. The van der Waals surface area contributed by atoms with Crippen LogP contribution in [0.5, 0.6) is 0 Å². The Kier molecular flexibility index (Phi) is 3.15. The van der Waals surface area contributed by atoms with Gasteiger partial charge in [0.25, 0.3) is 5.91 Å². The van der Waals surface area contributed by atoms with E-state index in [1.165, 1.54) is 0 Å². The Morgan fingerprint density at radius 2 is 2.06 bits per heavy atom. The van der Waals surface area contributed by atoms with Crippen molar-refractivity contribution in [2.24, 2.45) is 0 Å². The first-order valence-corrected chi connectivity index (χ1v) is 5.55. The molecule has 1 heterocycles. The van der Waals surface area contributed by atoms with Crippen LogP contribution < -0.4 is 5.32 Å². The number of amides is 1. The molecule has 0 aliphatic rings. The van der Waals surface area contributed by atoms with Crippen LogP contribution in [0, 0.1) is 13.8 Å². The van der Waals surface area contributed by atoms with E-state index >= 15 is 0 Å². The van der Waals surface area contributed by atoms with Crippen LogP contribution in [0.3, 0.4) is 0 Å². The third kappa shape index (κ3) is 2.31. The zero-order valence-electron chi connectivity index (χ0n) is 9.54. The molecule has 0 aliphatic carbocycles. The minimum absolute atomic E-state index is 0.259. The van der Waals surface area contributed by atoms with Crippen molar-refractivity contribution < 1.29 is 4.79 Å². The molecule has 0 saturated carbocycles. The van der Waals surface area contributed by atoms with Gasteiger partial charge >= 0.3 is 0 Å². The number of benzene rings is 1. The highest BCUT2D eigenvalue weighted by Gasteiger charge is 2.13. The van der Waals surface area contributed by atoms with Crippen LogP contribution in [0.25, 0.3) is 0 Å². The number of hydrogen-bond acceptors (Lipinski definition) is 2. The van der Waals surface area contributed by atoms with E-state index in [1.807, 2.05) is 13.8 Å². The molecule has 5 heteroatoms. The monoisotopic (exact) mass is 249 g/mol. The first kappa shape index (κ1) is 11.7. The fourth-order valence-electron chi connectivity index (χ4n) is 1.43. The van der Waals surface area contributed by atoms with Crippen molar-refractivity contribution in [3.05, 3.63) is 46.1 Å². The van der Waals surface area contributed by atoms with E-state index in [9.17, 15) is 4.79 Å². The topological polar surface area (TPSA) is 57.8 Å². The molecule has 2 rings (SSSR count). The van der Waals surface area contributed by atoms with E-state index < -0.39 is 0 Å². The number of carbonyl (C=O) groups excluding carboxylic acids is 1. The quantitative estimate of drug-likeness (QED) is 0.860. The van der Waals surface area contributed by atoms with Gasteiger partial charge in [0.1, 0.15) is 0 Å². The van der Waals surface area contributed by atoms with Crippen molar-refractivity contribution in [1.82, 2.24) is 10.2 Å². The third-order valence-corrected chi connectivity index (χ3v) is 2.93. The maximum atomic E-state index is 11.9. The molecule has 0 aliphatic heterocycles. The number of hydrogen-bond donors (Lipinski definition) is 2. The second kappa shape index (κ2) is 4.59. The fraction of sp³-hybridized carbons (Fsp3) is 0.167. The smallest absolute Gasteiger partial charge is 0.258 e. The molecule has 1 aromatic carbocycles. The summed E-state index contributed by atoms with van der Waals surface area (Å²) in [5, 5.41) is 9.97. The van der Waals surface area contributed by atoms with Crippen LogP contribution >= 0.6 is 11.6 Å². The zero-order chi connectivity index (χ0) is 12.4. The SMILES string of the molecule is Cc1[nH]nc(NC(=O)c2ccccc2Cl)c1C. The van der Waals surface area contributed by atoms with Gasteiger partial charge in [-0.15, -0.1) is 0 Å². The van der Waals surface area contributed by atoms with Crippen LogP contribution in [0.1, 0.15) is 21.6 Å². The lowest BCUT2D eigenvalue weighted by Crippen LogP contribution is -2.13. The van der Waals surface area contributed by atoms with Crippen molar-refractivity contribution in [3.8, 4) is 0 Å². The van der Waals surface area contributed by atoms with E-state index in [1.54, 1.807) is 24.3 Å². The predicted molar refractivity (Wildman–Crippen MR) is 67.5 cm³/mol. The summed E-state index contributed by atoms with van der Waals surface area (Å²) in [6.45, 7) is 3.79. The number of rotatable bonds is 2. The van der Waals surface area contributed by atoms with Gasteiger partial charge in [-0.3, -0.25) is 9.89 Å². The van der Waals surface area contributed by atoms with Crippen LogP contribution in [0.2, 0.25) is 5.02 Å². The maximum Gasteiger partial charge on any atom is 0.258 e. The van der Waals surface area contributed by atoms with E-state index in [4.69, 9.17) is 11.6 Å². The summed E-state index contributed by atoms with van der Waals surface area (Å²) in [7, 11) is 0. The average Bonchev–Trinajstić information content (AvgIpc) is 2.61. The lowest BCUT2D eigenvalue weighted by Gasteiger charge is -2.04. The second-order valence-electron chi connectivity index (χ2n) is 3.76. The lowest BCUT2D eigenvalue weighted by atomic mass is 10.2. The highest BCUT2D eigenvalue weighted by Crippen LogP contribution is 2.18. The molecule has 0 fully saturated rings. The van der Waals surface area contributed by atoms with Gasteiger partial charge in [0.2, 0.25) is 0 Å². The Morgan fingerprint density at radius 1 is 1.35 bits per heavy atom. The first-order chi connectivity index (χ1) is 8.09. The number of aromatic amines is 1. The number of anilines is 1. The molecule has 88 valence electrons. The molecule has 0 saturated heterocycles. The molecule has 2 aromatic rings. The van der Waals surface area contributed by atoms with E-state index in [0.29, 0.717) is 16.4 Å². The molecule has 1 aromatic heterocycles. The number of nitrogens with one attached hydrogen (secondary N) is 2. The van der Waals surface area contributed by atoms with Crippen molar-refractivity contribution in [2.45, 2.75) is 13.8 Å². The zero-order valence-corrected chi connectivity index (χ0v) is 10.3. The molecule has 0 bridgehead atoms. The summed E-state index contributed by atoms with van der Waals surface area (Å²) in [6.07, 6.45) is 0. The van der Waals surface area contributed by atoms with Crippen molar-refractivity contribution >= 4 is 23.3 Å². The molecular formula is C12H12ClN3O.